The number of nitrogens with zero attached hydrogens (tertiary/aromatic N) is 1. The Morgan fingerprint density at radius 1 is 1.47 bits per heavy atom. The first-order chi connectivity index (χ1) is 8.58. The molecule has 0 unspecified atom stereocenters. The van der Waals surface area contributed by atoms with Gasteiger partial charge in [0, 0.05) is 25.0 Å². The topological polar surface area (TPSA) is 63.4 Å². The molecule has 0 saturated carbocycles. The van der Waals surface area contributed by atoms with Gasteiger partial charge in [0.05, 0.1) is 10.2 Å². The van der Waals surface area contributed by atoms with Crippen LogP contribution in [0.25, 0.3) is 0 Å². The summed E-state index contributed by atoms with van der Waals surface area (Å²) in [5, 5.41) is 0. The smallest absolute Gasteiger partial charge is 0.326 e. The highest BCUT2D eigenvalue weighted by Crippen LogP contribution is 2.33. The lowest BCUT2D eigenvalue weighted by molar-refractivity contribution is -0.135. The van der Waals surface area contributed by atoms with Crippen molar-refractivity contribution in [1.29, 1.82) is 0 Å². The number of hydrogen-bond donors (Lipinski definition) is 1. The van der Waals surface area contributed by atoms with Gasteiger partial charge in [-0.05, 0) is 22.0 Å². The molecule has 0 saturated heterocycles. The molecule has 0 bridgehead atoms. The van der Waals surface area contributed by atoms with E-state index in [4.69, 9.17) is 5.73 Å². The van der Waals surface area contributed by atoms with E-state index in [-0.39, 0.29) is 11.4 Å². The fraction of sp³-hybridized carbons (Fsp3) is 0.556. The summed E-state index contributed by atoms with van der Waals surface area (Å²) in [6, 6.07) is 1.37. The van der Waals surface area contributed by atoms with Gasteiger partial charge in [-0.25, -0.2) is 12.7 Å². The fourth-order valence-corrected chi connectivity index (χ4v) is 4.93. The molecule has 1 rings (SSSR count). The van der Waals surface area contributed by atoms with Crippen LogP contribution in [0.5, 0.6) is 0 Å². The zero-order valence-corrected chi connectivity index (χ0v) is 13.1. The number of thiophene rings is 1. The van der Waals surface area contributed by atoms with E-state index in [0.717, 1.165) is 18.4 Å². The Labute approximate surface area is 121 Å². The highest BCUT2D eigenvalue weighted by atomic mass is 79.9. The third-order valence-electron chi connectivity index (χ3n) is 2.31. The van der Waals surface area contributed by atoms with Crippen LogP contribution in [0, 0.1) is 0 Å². The fourth-order valence-electron chi connectivity index (χ4n) is 1.25. The first kappa shape index (κ1) is 16.9. The molecule has 0 aliphatic heterocycles. The number of hydrogen-bond acceptors (Lipinski definition) is 4. The van der Waals surface area contributed by atoms with Crippen LogP contribution in [0.15, 0.2) is 14.7 Å². The summed E-state index contributed by atoms with van der Waals surface area (Å²) < 4.78 is 61.5. The third-order valence-corrected chi connectivity index (χ3v) is 6.44. The lowest BCUT2D eigenvalue weighted by atomic mass is 10.4. The van der Waals surface area contributed by atoms with E-state index >= 15 is 0 Å². The molecule has 0 amide bonds. The standard InChI is InChI=1S/C9H12BrF3N2O2S2/c1-15(3-2-9(11,12)13)19(16,17)7-4-6(5-14)18-8(7)10/h4H,2-3,5,14H2,1H3. The number of alkyl halides is 3. The van der Waals surface area contributed by atoms with Gasteiger partial charge < -0.3 is 5.73 Å². The Hall–Kier alpha value is -0.160. The summed E-state index contributed by atoms with van der Waals surface area (Å²) in [5.41, 5.74) is 5.40. The van der Waals surface area contributed by atoms with Gasteiger partial charge in [0.25, 0.3) is 0 Å². The normalized spacial score (nSPS) is 13.2. The second kappa shape index (κ2) is 6.08. The first-order valence-electron chi connectivity index (χ1n) is 5.09. The predicted molar refractivity (Wildman–Crippen MR) is 70.4 cm³/mol. The molecule has 4 nitrogen and oxygen atoms in total. The quantitative estimate of drug-likeness (QED) is 0.853. The van der Waals surface area contributed by atoms with Crippen LogP contribution >= 0.6 is 27.3 Å². The molecule has 2 N–H and O–H groups in total. The van der Waals surface area contributed by atoms with E-state index < -0.39 is 29.2 Å². The molecule has 1 aromatic rings. The van der Waals surface area contributed by atoms with Crippen molar-refractivity contribution in [2.75, 3.05) is 13.6 Å². The molecule has 0 fully saturated rings. The van der Waals surface area contributed by atoms with Crippen molar-refractivity contribution in [2.24, 2.45) is 5.73 Å². The number of nitrogens with two attached hydrogens (primary N) is 1. The summed E-state index contributed by atoms with van der Waals surface area (Å²) in [6.07, 6.45) is -5.58. The SMILES string of the molecule is CN(CCC(F)(F)F)S(=O)(=O)c1cc(CN)sc1Br. The Bertz CT molecular complexity index is 542. The molecule has 0 aliphatic carbocycles. The van der Waals surface area contributed by atoms with Gasteiger partial charge in [-0.1, -0.05) is 0 Å². The average Bonchev–Trinajstić information content (AvgIpc) is 2.67. The lowest BCUT2D eigenvalue weighted by Gasteiger charge is -2.17. The van der Waals surface area contributed by atoms with Crippen molar-refractivity contribution in [3.05, 3.63) is 14.7 Å². The minimum absolute atomic E-state index is 0.0531. The van der Waals surface area contributed by atoms with Crippen LogP contribution in [0.1, 0.15) is 11.3 Å². The van der Waals surface area contributed by atoms with Gasteiger partial charge in [0.15, 0.2) is 0 Å². The second-order valence-electron chi connectivity index (χ2n) is 3.75. The van der Waals surface area contributed by atoms with E-state index in [1.165, 1.54) is 6.07 Å². The maximum Gasteiger partial charge on any atom is 0.390 e. The van der Waals surface area contributed by atoms with Crippen molar-refractivity contribution >= 4 is 37.3 Å². The van der Waals surface area contributed by atoms with E-state index in [9.17, 15) is 21.6 Å². The molecule has 10 heteroatoms. The average molecular weight is 381 g/mol. The molecule has 1 heterocycles. The first-order valence-corrected chi connectivity index (χ1v) is 8.14. The molecular weight excluding hydrogens is 369 g/mol. The van der Waals surface area contributed by atoms with Crippen LogP contribution in [-0.4, -0.2) is 32.5 Å². The summed E-state index contributed by atoms with van der Waals surface area (Å²) >= 11 is 4.23. The van der Waals surface area contributed by atoms with Gasteiger partial charge in [-0.15, -0.1) is 11.3 Å². The van der Waals surface area contributed by atoms with Crippen LogP contribution in [-0.2, 0) is 16.6 Å². The van der Waals surface area contributed by atoms with Crippen molar-refractivity contribution in [2.45, 2.75) is 24.0 Å². The minimum atomic E-state index is -4.39. The largest absolute Gasteiger partial charge is 0.390 e. The Balaban J connectivity index is 2.93. The monoisotopic (exact) mass is 380 g/mol. The number of halogens is 4. The lowest BCUT2D eigenvalue weighted by Crippen LogP contribution is -2.30. The predicted octanol–water partition coefficient (Wildman–Crippen LogP) is 2.54. The van der Waals surface area contributed by atoms with Gasteiger partial charge in [0.1, 0.15) is 4.90 Å². The molecule has 0 radical (unpaired) electrons. The van der Waals surface area contributed by atoms with Crippen LogP contribution < -0.4 is 5.73 Å². The summed E-state index contributed by atoms with van der Waals surface area (Å²) in [4.78, 5) is 0.581. The molecular formula is C9H12BrF3N2O2S2. The minimum Gasteiger partial charge on any atom is -0.326 e. The second-order valence-corrected chi connectivity index (χ2v) is 8.21. The van der Waals surface area contributed by atoms with Crippen LogP contribution in [0.3, 0.4) is 0 Å². The zero-order chi connectivity index (χ0) is 14.8. The number of rotatable bonds is 5. The van der Waals surface area contributed by atoms with Crippen molar-refractivity contribution < 1.29 is 21.6 Å². The molecule has 0 atom stereocenters. The Kier molecular flexibility index (Phi) is 5.41. The summed E-state index contributed by atoms with van der Waals surface area (Å²) in [7, 11) is -2.82. The summed E-state index contributed by atoms with van der Waals surface area (Å²) in [6.45, 7) is -0.447. The molecule has 19 heavy (non-hydrogen) atoms. The van der Waals surface area contributed by atoms with Crippen molar-refractivity contribution in [3.8, 4) is 0 Å². The molecule has 0 aliphatic rings. The van der Waals surface area contributed by atoms with Gasteiger partial charge in [-0.3, -0.25) is 0 Å². The molecule has 0 spiro atoms. The maximum atomic E-state index is 12.1. The maximum absolute atomic E-state index is 12.1. The van der Waals surface area contributed by atoms with E-state index in [2.05, 4.69) is 15.9 Å². The number of sulfonamides is 1. The van der Waals surface area contributed by atoms with Gasteiger partial charge in [-0.2, -0.15) is 13.2 Å². The molecule has 1 aromatic heterocycles. The van der Waals surface area contributed by atoms with Crippen LogP contribution in [0.2, 0.25) is 0 Å². The van der Waals surface area contributed by atoms with Gasteiger partial charge >= 0.3 is 6.18 Å². The van der Waals surface area contributed by atoms with E-state index in [1.807, 2.05) is 0 Å². The highest BCUT2D eigenvalue weighted by molar-refractivity contribution is 9.11. The van der Waals surface area contributed by atoms with E-state index in [1.54, 1.807) is 0 Å². The Morgan fingerprint density at radius 2 is 2.05 bits per heavy atom. The molecule has 0 aromatic carbocycles. The van der Waals surface area contributed by atoms with Crippen LogP contribution in [0.4, 0.5) is 13.2 Å². The summed E-state index contributed by atoms with van der Waals surface area (Å²) in [5.74, 6) is 0. The Morgan fingerprint density at radius 3 is 2.47 bits per heavy atom. The van der Waals surface area contributed by atoms with Crippen molar-refractivity contribution in [1.82, 2.24) is 4.31 Å². The highest BCUT2D eigenvalue weighted by Gasteiger charge is 2.31. The van der Waals surface area contributed by atoms with Gasteiger partial charge in [0.2, 0.25) is 10.0 Å². The third kappa shape index (κ3) is 4.42. The van der Waals surface area contributed by atoms with E-state index in [0.29, 0.717) is 13.0 Å². The van der Waals surface area contributed by atoms with Crippen molar-refractivity contribution in [3.63, 3.8) is 0 Å². The molecule has 110 valence electrons. The zero-order valence-electron chi connectivity index (χ0n) is 9.87.